The van der Waals surface area contributed by atoms with Gasteiger partial charge in [-0.25, -0.2) is 9.78 Å². The Kier molecular flexibility index (Phi) is 7.63. The van der Waals surface area contributed by atoms with Gasteiger partial charge >= 0.3 is 5.97 Å². The van der Waals surface area contributed by atoms with Crippen LogP contribution in [0.5, 0.6) is 11.5 Å². The van der Waals surface area contributed by atoms with Crippen LogP contribution in [0.2, 0.25) is 0 Å². The number of methoxy groups -OCH3 is 1. The standard InChI is InChI=1S/C23H24BrN3O5/c1-5-31-20-10-15(6-9-19(20)32-13-21(28)30-4)12-25-27-22(14(2)3)26-18-8-7-16(24)11-17(18)23(27)29/h6-12,14H,5,13H2,1-4H3. The molecule has 32 heavy (non-hydrogen) atoms. The van der Waals surface area contributed by atoms with Crippen molar-refractivity contribution in [1.82, 2.24) is 9.66 Å². The second-order valence-electron chi connectivity index (χ2n) is 7.15. The number of benzene rings is 2. The molecule has 0 unspecified atom stereocenters. The molecule has 0 saturated carbocycles. The van der Waals surface area contributed by atoms with Crippen LogP contribution in [0.1, 0.15) is 38.1 Å². The molecule has 3 rings (SSSR count). The van der Waals surface area contributed by atoms with E-state index in [0.717, 1.165) is 4.47 Å². The second kappa shape index (κ2) is 10.4. The topological polar surface area (TPSA) is 92.0 Å². The fraction of sp³-hybridized carbons (Fsp3) is 0.304. The highest BCUT2D eigenvalue weighted by molar-refractivity contribution is 9.10. The number of hydrogen-bond donors (Lipinski definition) is 0. The van der Waals surface area contributed by atoms with Gasteiger partial charge in [-0.05, 0) is 48.9 Å². The van der Waals surface area contributed by atoms with E-state index in [4.69, 9.17) is 9.47 Å². The van der Waals surface area contributed by atoms with Crippen LogP contribution in [0.3, 0.4) is 0 Å². The highest BCUT2D eigenvalue weighted by atomic mass is 79.9. The zero-order chi connectivity index (χ0) is 23.3. The third-order valence-corrected chi connectivity index (χ3v) is 5.01. The summed E-state index contributed by atoms with van der Waals surface area (Å²) in [4.78, 5) is 29.1. The van der Waals surface area contributed by atoms with Crippen LogP contribution >= 0.6 is 15.9 Å². The highest BCUT2D eigenvalue weighted by Gasteiger charge is 2.14. The number of esters is 1. The molecule has 0 saturated heterocycles. The summed E-state index contributed by atoms with van der Waals surface area (Å²) in [6.07, 6.45) is 1.56. The van der Waals surface area contributed by atoms with Crippen molar-refractivity contribution < 1.29 is 19.0 Å². The van der Waals surface area contributed by atoms with E-state index in [0.29, 0.717) is 40.4 Å². The van der Waals surface area contributed by atoms with Gasteiger partial charge in [0, 0.05) is 10.4 Å². The van der Waals surface area contributed by atoms with Crippen LogP contribution in [0.15, 0.2) is 50.8 Å². The van der Waals surface area contributed by atoms with Crippen LogP contribution < -0.4 is 15.0 Å². The summed E-state index contributed by atoms with van der Waals surface area (Å²) >= 11 is 3.40. The smallest absolute Gasteiger partial charge is 0.343 e. The van der Waals surface area contributed by atoms with Crippen molar-refractivity contribution in [3.63, 3.8) is 0 Å². The lowest BCUT2D eigenvalue weighted by Crippen LogP contribution is -2.23. The molecule has 0 radical (unpaired) electrons. The van der Waals surface area contributed by atoms with Gasteiger partial charge in [0.15, 0.2) is 18.1 Å². The zero-order valence-electron chi connectivity index (χ0n) is 18.3. The van der Waals surface area contributed by atoms with Crippen LogP contribution in [-0.2, 0) is 9.53 Å². The van der Waals surface area contributed by atoms with E-state index in [-0.39, 0.29) is 18.1 Å². The number of ether oxygens (including phenoxy) is 3. The Labute approximate surface area is 194 Å². The first-order valence-corrected chi connectivity index (χ1v) is 10.9. The summed E-state index contributed by atoms with van der Waals surface area (Å²) in [5, 5.41) is 4.90. The van der Waals surface area contributed by atoms with Crippen molar-refractivity contribution in [3.8, 4) is 11.5 Å². The second-order valence-corrected chi connectivity index (χ2v) is 8.07. The van der Waals surface area contributed by atoms with Crippen molar-refractivity contribution >= 4 is 39.0 Å². The Hall–Kier alpha value is -3.20. The fourth-order valence-corrected chi connectivity index (χ4v) is 3.32. The van der Waals surface area contributed by atoms with Crippen LogP contribution in [0.4, 0.5) is 0 Å². The minimum Gasteiger partial charge on any atom is -0.490 e. The molecular formula is C23H24BrN3O5. The predicted molar refractivity (Wildman–Crippen MR) is 126 cm³/mol. The van der Waals surface area contributed by atoms with Crippen molar-refractivity contribution in [2.24, 2.45) is 5.10 Å². The molecule has 9 heteroatoms. The molecule has 2 aromatic carbocycles. The van der Waals surface area contributed by atoms with Gasteiger partial charge in [-0.1, -0.05) is 29.8 Å². The van der Waals surface area contributed by atoms with E-state index in [1.54, 1.807) is 30.5 Å². The maximum atomic E-state index is 13.1. The molecule has 0 aliphatic carbocycles. The number of aromatic nitrogens is 2. The van der Waals surface area contributed by atoms with E-state index < -0.39 is 5.97 Å². The predicted octanol–water partition coefficient (Wildman–Crippen LogP) is 4.12. The van der Waals surface area contributed by atoms with Gasteiger partial charge in [-0.2, -0.15) is 9.78 Å². The number of nitrogens with zero attached hydrogens (tertiary/aromatic N) is 3. The lowest BCUT2D eigenvalue weighted by atomic mass is 10.2. The summed E-state index contributed by atoms with van der Waals surface area (Å²) < 4.78 is 17.8. The van der Waals surface area contributed by atoms with Gasteiger partial charge < -0.3 is 14.2 Å². The minimum absolute atomic E-state index is 0.0130. The Bertz CT molecular complexity index is 1220. The average molecular weight is 502 g/mol. The number of halogens is 1. The van der Waals surface area contributed by atoms with Gasteiger partial charge in [0.1, 0.15) is 5.82 Å². The van der Waals surface area contributed by atoms with Crippen molar-refractivity contribution in [2.75, 3.05) is 20.3 Å². The molecule has 0 amide bonds. The Morgan fingerprint density at radius 2 is 1.97 bits per heavy atom. The van der Waals surface area contributed by atoms with Gasteiger partial charge in [0.25, 0.3) is 5.56 Å². The van der Waals surface area contributed by atoms with E-state index in [9.17, 15) is 9.59 Å². The first-order chi connectivity index (χ1) is 15.3. The summed E-state index contributed by atoms with van der Waals surface area (Å²) in [5.74, 6) is 0.920. The molecule has 8 nitrogen and oxygen atoms in total. The lowest BCUT2D eigenvalue weighted by molar-refractivity contribution is -0.142. The van der Waals surface area contributed by atoms with E-state index in [1.165, 1.54) is 11.8 Å². The Morgan fingerprint density at radius 1 is 1.19 bits per heavy atom. The van der Waals surface area contributed by atoms with E-state index in [1.807, 2.05) is 32.9 Å². The molecular weight excluding hydrogens is 478 g/mol. The minimum atomic E-state index is -0.492. The van der Waals surface area contributed by atoms with E-state index >= 15 is 0 Å². The van der Waals surface area contributed by atoms with Gasteiger partial charge in [0.05, 0.1) is 30.8 Å². The SMILES string of the molecule is CCOc1cc(C=Nn2c(C(C)C)nc3ccc(Br)cc3c2=O)ccc1OCC(=O)OC. The Balaban J connectivity index is 2.00. The number of carbonyl (C=O) groups excluding carboxylic acids is 1. The average Bonchev–Trinajstić information content (AvgIpc) is 2.77. The van der Waals surface area contributed by atoms with Crippen LogP contribution in [0, 0.1) is 0 Å². The maximum absolute atomic E-state index is 13.1. The molecule has 0 aliphatic rings. The summed E-state index contributed by atoms with van der Waals surface area (Å²) in [7, 11) is 1.29. The van der Waals surface area contributed by atoms with Crippen molar-refractivity contribution in [2.45, 2.75) is 26.7 Å². The van der Waals surface area contributed by atoms with Crippen molar-refractivity contribution in [3.05, 3.63) is 62.6 Å². The zero-order valence-corrected chi connectivity index (χ0v) is 19.9. The third-order valence-electron chi connectivity index (χ3n) is 4.51. The largest absolute Gasteiger partial charge is 0.490 e. The first kappa shape index (κ1) is 23.5. The number of carbonyl (C=O) groups is 1. The third kappa shape index (κ3) is 5.34. The first-order valence-electron chi connectivity index (χ1n) is 10.1. The van der Waals surface area contributed by atoms with Crippen molar-refractivity contribution in [1.29, 1.82) is 0 Å². The number of rotatable bonds is 8. The molecule has 0 fully saturated rings. The molecule has 0 aliphatic heterocycles. The summed E-state index contributed by atoms with van der Waals surface area (Å²) in [5.41, 5.74) is 1.06. The maximum Gasteiger partial charge on any atom is 0.343 e. The van der Waals surface area contributed by atoms with Gasteiger partial charge in [-0.3, -0.25) is 4.79 Å². The molecule has 0 atom stereocenters. The lowest BCUT2D eigenvalue weighted by Gasteiger charge is -2.13. The summed E-state index contributed by atoms with van der Waals surface area (Å²) in [6.45, 7) is 5.95. The normalized spacial score (nSPS) is 11.3. The fourth-order valence-electron chi connectivity index (χ4n) is 2.96. The van der Waals surface area contributed by atoms with Crippen LogP contribution in [-0.4, -0.2) is 42.2 Å². The summed E-state index contributed by atoms with van der Waals surface area (Å²) in [6, 6.07) is 10.6. The molecule has 168 valence electrons. The highest BCUT2D eigenvalue weighted by Crippen LogP contribution is 2.28. The molecule has 1 heterocycles. The molecule has 0 N–H and O–H groups in total. The van der Waals surface area contributed by atoms with Gasteiger partial charge in [0.2, 0.25) is 0 Å². The monoisotopic (exact) mass is 501 g/mol. The Morgan fingerprint density at radius 3 is 2.66 bits per heavy atom. The molecule has 0 spiro atoms. The quantitative estimate of drug-likeness (QED) is 0.340. The number of hydrogen-bond acceptors (Lipinski definition) is 7. The molecule has 3 aromatic rings. The van der Waals surface area contributed by atoms with E-state index in [2.05, 4.69) is 30.8 Å². The molecule has 1 aromatic heterocycles. The molecule has 0 bridgehead atoms. The van der Waals surface area contributed by atoms with Crippen LogP contribution in [0.25, 0.3) is 10.9 Å². The van der Waals surface area contributed by atoms with Gasteiger partial charge in [-0.15, -0.1) is 0 Å². The number of fused-ring (bicyclic) bond motifs is 1.